The Morgan fingerprint density at radius 3 is 1.24 bits per heavy atom. The van der Waals surface area contributed by atoms with Crippen molar-refractivity contribution in [3.05, 3.63) is 120 Å². The second-order valence-electron chi connectivity index (χ2n) is 8.91. The quantitative estimate of drug-likeness (QED) is 0.180. The van der Waals surface area contributed by atoms with E-state index in [4.69, 9.17) is 8.75 Å². The standard InChI is InChI=1S/C32H24N2S4/c1-21-13-9-11-19-25(21)27-31(29(35-33-27)23-15-5-3-6-16-23)37-38-32-28(26-20-12-10-14-22(26)2)34-36-30(32)24-17-7-4-8-18-24/h3-20H,1-2H3. The third kappa shape index (κ3) is 4.97. The van der Waals surface area contributed by atoms with E-state index in [1.54, 1.807) is 44.7 Å². The Kier molecular flexibility index (Phi) is 7.47. The first-order valence-electron chi connectivity index (χ1n) is 12.3. The summed E-state index contributed by atoms with van der Waals surface area (Å²) >= 11 is 3.15. The van der Waals surface area contributed by atoms with Gasteiger partial charge >= 0.3 is 0 Å². The molecule has 0 aliphatic carbocycles. The van der Waals surface area contributed by atoms with Gasteiger partial charge in [0.1, 0.15) is 0 Å². The minimum Gasteiger partial charge on any atom is -0.191 e. The fourth-order valence-electron chi connectivity index (χ4n) is 4.37. The van der Waals surface area contributed by atoms with Gasteiger partial charge < -0.3 is 0 Å². The molecule has 0 saturated carbocycles. The Hall–Kier alpha value is -3.16. The van der Waals surface area contributed by atoms with Gasteiger partial charge in [-0.15, -0.1) is 0 Å². The number of hydrogen-bond donors (Lipinski definition) is 0. The summed E-state index contributed by atoms with van der Waals surface area (Å²) in [5.74, 6) is 0. The highest BCUT2D eigenvalue weighted by Crippen LogP contribution is 2.53. The lowest BCUT2D eigenvalue weighted by Crippen LogP contribution is -1.86. The second-order valence-corrected chi connectivity index (χ2v) is 12.6. The van der Waals surface area contributed by atoms with Crippen molar-refractivity contribution in [2.24, 2.45) is 0 Å². The molecule has 0 amide bonds. The van der Waals surface area contributed by atoms with Gasteiger partial charge in [0.2, 0.25) is 0 Å². The molecule has 2 nitrogen and oxygen atoms in total. The van der Waals surface area contributed by atoms with Gasteiger partial charge in [-0.2, -0.15) is 8.75 Å². The molecule has 38 heavy (non-hydrogen) atoms. The molecular weight excluding hydrogens is 541 g/mol. The number of rotatable bonds is 7. The first-order chi connectivity index (χ1) is 18.7. The molecule has 6 heteroatoms. The van der Waals surface area contributed by atoms with Crippen LogP contribution in [-0.2, 0) is 0 Å². The molecule has 6 rings (SSSR count). The highest BCUT2D eigenvalue weighted by molar-refractivity contribution is 8.76. The molecule has 0 aliphatic rings. The van der Waals surface area contributed by atoms with Crippen LogP contribution in [0.5, 0.6) is 0 Å². The van der Waals surface area contributed by atoms with Gasteiger partial charge in [0.25, 0.3) is 0 Å². The van der Waals surface area contributed by atoms with Gasteiger partial charge in [-0.05, 0) is 80.8 Å². The largest absolute Gasteiger partial charge is 0.191 e. The van der Waals surface area contributed by atoms with E-state index >= 15 is 0 Å². The molecule has 0 bridgehead atoms. The minimum absolute atomic E-state index is 1.05. The maximum atomic E-state index is 4.99. The third-order valence-corrected chi connectivity index (χ3v) is 10.9. The van der Waals surface area contributed by atoms with E-state index in [1.165, 1.54) is 52.9 Å². The summed E-state index contributed by atoms with van der Waals surface area (Å²) in [4.78, 5) is 4.79. The van der Waals surface area contributed by atoms with Gasteiger partial charge in [-0.3, -0.25) is 0 Å². The van der Waals surface area contributed by atoms with Crippen molar-refractivity contribution in [2.75, 3.05) is 0 Å². The summed E-state index contributed by atoms with van der Waals surface area (Å²) < 4.78 is 9.99. The molecule has 0 unspecified atom stereocenters. The van der Waals surface area contributed by atoms with E-state index in [-0.39, 0.29) is 0 Å². The van der Waals surface area contributed by atoms with Gasteiger partial charge in [-0.1, -0.05) is 109 Å². The topological polar surface area (TPSA) is 25.8 Å². The van der Waals surface area contributed by atoms with Crippen molar-refractivity contribution < 1.29 is 0 Å². The van der Waals surface area contributed by atoms with E-state index in [0.717, 1.165) is 11.4 Å². The summed E-state index contributed by atoms with van der Waals surface area (Å²) in [5.41, 5.74) is 9.30. The fraction of sp³-hybridized carbons (Fsp3) is 0.0625. The molecule has 0 N–H and O–H groups in total. The summed E-state index contributed by atoms with van der Waals surface area (Å²) in [6.45, 7) is 4.32. The van der Waals surface area contributed by atoms with Crippen LogP contribution >= 0.6 is 44.7 Å². The van der Waals surface area contributed by atoms with E-state index < -0.39 is 0 Å². The average molecular weight is 565 g/mol. The molecule has 0 spiro atoms. The monoisotopic (exact) mass is 564 g/mol. The molecule has 0 aliphatic heterocycles. The van der Waals surface area contributed by atoms with Crippen LogP contribution in [0.4, 0.5) is 0 Å². The van der Waals surface area contributed by atoms with Crippen LogP contribution < -0.4 is 0 Å². The summed E-state index contributed by atoms with van der Waals surface area (Å²) in [6.07, 6.45) is 0. The van der Waals surface area contributed by atoms with E-state index in [9.17, 15) is 0 Å². The third-order valence-electron chi connectivity index (χ3n) is 6.38. The smallest absolute Gasteiger partial charge is 0.0994 e. The SMILES string of the molecule is Cc1ccccc1-c1nsc(-c2ccccc2)c1SSc1c(-c2ccccc2C)nsc1-c1ccccc1. The van der Waals surface area contributed by atoms with Crippen LogP contribution in [-0.4, -0.2) is 8.75 Å². The van der Waals surface area contributed by atoms with Crippen LogP contribution in [0.3, 0.4) is 0 Å². The lowest BCUT2D eigenvalue weighted by molar-refractivity contribution is 1.37. The lowest BCUT2D eigenvalue weighted by atomic mass is 10.0. The van der Waals surface area contributed by atoms with Crippen LogP contribution in [0.25, 0.3) is 43.4 Å². The number of benzene rings is 4. The fourth-order valence-corrected chi connectivity index (χ4v) is 9.36. The molecule has 186 valence electrons. The zero-order valence-electron chi connectivity index (χ0n) is 20.9. The number of aryl methyl sites for hydroxylation is 2. The van der Waals surface area contributed by atoms with Crippen LogP contribution in [0.1, 0.15) is 11.1 Å². The molecule has 4 aromatic carbocycles. The van der Waals surface area contributed by atoms with E-state index in [1.807, 2.05) is 0 Å². The Morgan fingerprint density at radius 1 is 0.474 bits per heavy atom. The molecule has 0 atom stereocenters. The summed E-state index contributed by atoms with van der Waals surface area (Å²) in [5, 5.41) is 0. The minimum atomic E-state index is 1.05. The molecule has 0 fully saturated rings. The molecule has 0 radical (unpaired) electrons. The Labute approximate surface area is 239 Å². The molecular formula is C32H24N2S4. The first-order valence-corrected chi connectivity index (χ1v) is 16.0. The highest BCUT2D eigenvalue weighted by atomic mass is 33.1. The predicted molar refractivity (Wildman–Crippen MR) is 167 cm³/mol. The molecule has 0 saturated heterocycles. The Balaban J connectivity index is 1.47. The highest BCUT2D eigenvalue weighted by Gasteiger charge is 2.23. The average Bonchev–Trinajstić information content (AvgIpc) is 3.58. The van der Waals surface area contributed by atoms with Gasteiger partial charge in [0, 0.05) is 11.1 Å². The van der Waals surface area contributed by atoms with E-state index in [0.29, 0.717) is 0 Å². The maximum absolute atomic E-state index is 4.99. The van der Waals surface area contributed by atoms with Crippen molar-refractivity contribution in [3.63, 3.8) is 0 Å². The molecule has 2 heterocycles. The number of hydrogen-bond acceptors (Lipinski definition) is 6. The Bertz CT molecular complexity index is 1560. The summed E-state index contributed by atoms with van der Waals surface area (Å²) in [6, 6.07) is 38.2. The lowest BCUT2D eigenvalue weighted by Gasteiger charge is -2.10. The molecule has 2 aromatic heterocycles. The zero-order chi connectivity index (χ0) is 25.9. The molecule has 6 aromatic rings. The van der Waals surface area contributed by atoms with Crippen molar-refractivity contribution >= 4 is 44.7 Å². The van der Waals surface area contributed by atoms with Gasteiger partial charge in [-0.25, -0.2) is 0 Å². The van der Waals surface area contributed by atoms with Gasteiger partial charge in [0.15, 0.2) is 0 Å². The van der Waals surface area contributed by atoms with Crippen molar-refractivity contribution in [3.8, 4) is 43.4 Å². The van der Waals surface area contributed by atoms with Crippen LogP contribution in [0, 0.1) is 13.8 Å². The van der Waals surface area contributed by atoms with Crippen LogP contribution in [0.2, 0.25) is 0 Å². The predicted octanol–water partition coefficient (Wildman–Crippen LogP) is 10.7. The van der Waals surface area contributed by atoms with E-state index in [2.05, 4.69) is 123 Å². The van der Waals surface area contributed by atoms with Crippen molar-refractivity contribution in [1.82, 2.24) is 8.75 Å². The number of aromatic nitrogens is 2. The van der Waals surface area contributed by atoms with Crippen molar-refractivity contribution in [1.29, 1.82) is 0 Å². The normalized spacial score (nSPS) is 11.1. The second kappa shape index (κ2) is 11.3. The number of nitrogens with zero attached hydrogens (tertiary/aromatic N) is 2. The van der Waals surface area contributed by atoms with Gasteiger partial charge in [0.05, 0.1) is 30.9 Å². The van der Waals surface area contributed by atoms with Crippen LogP contribution in [0.15, 0.2) is 119 Å². The van der Waals surface area contributed by atoms with Crippen molar-refractivity contribution in [2.45, 2.75) is 23.6 Å². The summed E-state index contributed by atoms with van der Waals surface area (Å²) in [7, 11) is 3.58. The maximum Gasteiger partial charge on any atom is 0.0994 e. The first kappa shape index (κ1) is 25.1. The Morgan fingerprint density at radius 2 is 0.842 bits per heavy atom. The zero-order valence-corrected chi connectivity index (χ0v) is 24.2.